The molecule has 10 heteroatoms. The van der Waals surface area contributed by atoms with E-state index in [4.69, 9.17) is 0 Å². The van der Waals surface area contributed by atoms with Gasteiger partial charge in [0.1, 0.15) is 18.2 Å². The van der Waals surface area contributed by atoms with Crippen LogP contribution in [0.25, 0.3) is 0 Å². The number of carbonyl (C=O) groups is 1. The van der Waals surface area contributed by atoms with Gasteiger partial charge in [-0.25, -0.2) is 4.39 Å². The zero-order valence-corrected chi connectivity index (χ0v) is 16.2. The second kappa shape index (κ2) is 8.57. The average Bonchev–Trinajstić information content (AvgIpc) is 3.40. The Bertz CT molecular complexity index is 1210. The molecule has 2 aromatic carbocycles. The van der Waals surface area contributed by atoms with Gasteiger partial charge in [0.25, 0.3) is 5.91 Å². The number of nitrogens with zero attached hydrogens (tertiary/aromatic N) is 5. The van der Waals surface area contributed by atoms with Crippen molar-refractivity contribution in [2.45, 2.75) is 13.1 Å². The zero-order valence-electron chi connectivity index (χ0n) is 16.2. The van der Waals surface area contributed by atoms with E-state index in [-0.39, 0.29) is 17.4 Å². The summed E-state index contributed by atoms with van der Waals surface area (Å²) in [6.45, 7) is 0.808. The third kappa shape index (κ3) is 4.99. The number of nitrogens with one attached hydrogen (secondary N) is 1. The Morgan fingerprint density at radius 1 is 0.935 bits per heavy atom. The fourth-order valence-electron chi connectivity index (χ4n) is 2.98. The number of rotatable bonds is 7. The van der Waals surface area contributed by atoms with Crippen LogP contribution < -0.4 is 5.32 Å². The van der Waals surface area contributed by atoms with Crippen LogP contribution in [0.2, 0.25) is 0 Å². The van der Waals surface area contributed by atoms with Crippen molar-refractivity contribution in [2.75, 3.05) is 5.32 Å². The average molecular weight is 420 g/mol. The third-order valence-corrected chi connectivity index (χ3v) is 4.54. The Labute approximate surface area is 175 Å². The lowest BCUT2D eigenvalue weighted by molar-refractivity contribution is -0.385. The summed E-state index contributed by atoms with van der Waals surface area (Å²) in [7, 11) is 0. The molecule has 1 N–H and O–H groups in total. The summed E-state index contributed by atoms with van der Waals surface area (Å²) in [4.78, 5) is 22.7. The Balaban J connectivity index is 1.35. The minimum absolute atomic E-state index is 0.0732. The summed E-state index contributed by atoms with van der Waals surface area (Å²) in [6, 6.07) is 13.0. The second-order valence-corrected chi connectivity index (χ2v) is 6.86. The van der Waals surface area contributed by atoms with E-state index in [1.165, 1.54) is 29.2 Å². The Morgan fingerprint density at radius 2 is 1.52 bits per heavy atom. The van der Waals surface area contributed by atoms with Gasteiger partial charge in [-0.1, -0.05) is 24.3 Å². The van der Waals surface area contributed by atoms with E-state index in [0.717, 1.165) is 11.1 Å². The van der Waals surface area contributed by atoms with Crippen molar-refractivity contribution < 1.29 is 14.1 Å². The maximum Gasteiger partial charge on any atom is 0.307 e. The fourth-order valence-corrected chi connectivity index (χ4v) is 2.98. The molecule has 9 nitrogen and oxygen atoms in total. The number of carbonyl (C=O) groups excluding carboxylic acids is 1. The fraction of sp³-hybridized carbons (Fsp3) is 0.0952. The molecule has 0 fully saturated rings. The van der Waals surface area contributed by atoms with Gasteiger partial charge >= 0.3 is 5.69 Å². The highest BCUT2D eigenvalue weighted by atomic mass is 19.1. The number of anilines is 1. The molecule has 0 spiro atoms. The van der Waals surface area contributed by atoms with E-state index in [9.17, 15) is 19.3 Å². The smallest absolute Gasteiger partial charge is 0.307 e. The largest absolute Gasteiger partial charge is 0.319 e. The molecule has 4 rings (SSSR count). The van der Waals surface area contributed by atoms with Crippen LogP contribution >= 0.6 is 0 Å². The Morgan fingerprint density at radius 3 is 2.13 bits per heavy atom. The molecule has 0 atom stereocenters. The summed E-state index contributed by atoms with van der Waals surface area (Å²) >= 11 is 0. The van der Waals surface area contributed by atoms with Crippen LogP contribution in [-0.4, -0.2) is 30.4 Å². The quantitative estimate of drug-likeness (QED) is 0.364. The highest BCUT2D eigenvalue weighted by Gasteiger charge is 2.11. The minimum atomic E-state index is -0.501. The molecule has 156 valence electrons. The van der Waals surface area contributed by atoms with Crippen molar-refractivity contribution in [1.82, 2.24) is 19.6 Å². The van der Waals surface area contributed by atoms with Crippen LogP contribution in [0.15, 0.2) is 73.3 Å². The van der Waals surface area contributed by atoms with Gasteiger partial charge in [0, 0.05) is 11.8 Å². The van der Waals surface area contributed by atoms with E-state index in [1.807, 2.05) is 0 Å². The Kier molecular flexibility index (Phi) is 5.52. The van der Waals surface area contributed by atoms with Gasteiger partial charge in [-0.05, 0) is 35.4 Å². The number of nitro groups is 1. The molecule has 31 heavy (non-hydrogen) atoms. The van der Waals surface area contributed by atoms with Gasteiger partial charge in [-0.3, -0.25) is 24.3 Å². The number of hydrogen-bond donors (Lipinski definition) is 1. The molecule has 0 aliphatic carbocycles. The summed E-state index contributed by atoms with van der Waals surface area (Å²) < 4.78 is 16.1. The van der Waals surface area contributed by atoms with E-state index in [1.54, 1.807) is 53.5 Å². The van der Waals surface area contributed by atoms with Crippen molar-refractivity contribution in [1.29, 1.82) is 0 Å². The van der Waals surface area contributed by atoms with Gasteiger partial charge in [-0.2, -0.15) is 10.2 Å². The monoisotopic (exact) mass is 420 g/mol. The highest BCUT2D eigenvalue weighted by Crippen LogP contribution is 2.13. The van der Waals surface area contributed by atoms with Gasteiger partial charge < -0.3 is 5.32 Å². The maximum atomic E-state index is 13.0. The normalized spacial score (nSPS) is 10.7. The first kappa shape index (κ1) is 20.0. The molecule has 0 unspecified atom stereocenters. The van der Waals surface area contributed by atoms with Crippen molar-refractivity contribution in [2.24, 2.45) is 0 Å². The molecule has 0 bridgehead atoms. The van der Waals surface area contributed by atoms with E-state index in [0.29, 0.717) is 24.3 Å². The van der Waals surface area contributed by atoms with Crippen LogP contribution in [0.3, 0.4) is 0 Å². The third-order valence-electron chi connectivity index (χ3n) is 4.54. The highest BCUT2D eigenvalue weighted by molar-refractivity contribution is 6.04. The molecule has 2 heterocycles. The number of amides is 1. The Hall–Kier alpha value is -4.34. The van der Waals surface area contributed by atoms with Crippen LogP contribution in [-0.2, 0) is 13.1 Å². The van der Waals surface area contributed by atoms with E-state index >= 15 is 0 Å². The molecule has 0 aliphatic rings. The zero-order chi connectivity index (χ0) is 21.8. The van der Waals surface area contributed by atoms with Crippen molar-refractivity contribution >= 4 is 17.3 Å². The lowest BCUT2D eigenvalue weighted by Gasteiger charge is -2.05. The van der Waals surface area contributed by atoms with E-state index in [2.05, 4.69) is 15.5 Å². The number of halogens is 1. The predicted molar refractivity (Wildman–Crippen MR) is 110 cm³/mol. The van der Waals surface area contributed by atoms with Crippen LogP contribution in [0.4, 0.5) is 15.8 Å². The lowest BCUT2D eigenvalue weighted by atomic mass is 10.1. The molecule has 2 aromatic heterocycles. The SMILES string of the molecule is O=C(Nc1cnn(Cc2ccc(F)cc2)c1)c1ccc(Cn2cc([N+](=O)[O-])cn2)cc1. The first-order valence-corrected chi connectivity index (χ1v) is 9.30. The molecule has 0 saturated heterocycles. The predicted octanol–water partition coefficient (Wildman–Crippen LogP) is 3.48. The van der Waals surface area contributed by atoms with Crippen molar-refractivity contribution in [3.63, 3.8) is 0 Å². The number of benzene rings is 2. The van der Waals surface area contributed by atoms with Crippen molar-refractivity contribution in [3.05, 3.63) is 106 Å². The summed E-state index contributed by atoms with van der Waals surface area (Å²) in [5.74, 6) is -0.586. The number of aromatic nitrogens is 4. The molecule has 4 aromatic rings. The van der Waals surface area contributed by atoms with Gasteiger partial charge in [0.05, 0.1) is 29.9 Å². The minimum Gasteiger partial charge on any atom is -0.319 e. The first-order valence-electron chi connectivity index (χ1n) is 9.30. The second-order valence-electron chi connectivity index (χ2n) is 6.86. The topological polar surface area (TPSA) is 108 Å². The van der Waals surface area contributed by atoms with Crippen LogP contribution in [0, 0.1) is 15.9 Å². The van der Waals surface area contributed by atoms with Crippen LogP contribution in [0.1, 0.15) is 21.5 Å². The first-order chi connectivity index (χ1) is 15.0. The molecule has 0 saturated carbocycles. The van der Waals surface area contributed by atoms with Crippen LogP contribution in [0.5, 0.6) is 0 Å². The molecule has 1 amide bonds. The molecule has 0 aliphatic heterocycles. The van der Waals surface area contributed by atoms with Gasteiger partial charge in [0.2, 0.25) is 0 Å². The molecule has 0 radical (unpaired) electrons. The number of hydrogen-bond acceptors (Lipinski definition) is 5. The standard InChI is InChI=1S/C21H17FN6O3/c22-18-7-3-16(4-8-18)11-26-13-19(9-23-26)25-21(29)17-5-1-15(2-6-17)12-27-14-20(10-24-27)28(30)31/h1-10,13-14H,11-12H2,(H,25,29). The van der Waals surface area contributed by atoms with Gasteiger partial charge in [0.15, 0.2) is 0 Å². The summed E-state index contributed by atoms with van der Waals surface area (Å²) in [5.41, 5.74) is 2.67. The van der Waals surface area contributed by atoms with E-state index < -0.39 is 4.92 Å². The van der Waals surface area contributed by atoms with Gasteiger partial charge in [-0.15, -0.1) is 0 Å². The lowest BCUT2D eigenvalue weighted by Crippen LogP contribution is -2.11. The van der Waals surface area contributed by atoms with Crippen molar-refractivity contribution in [3.8, 4) is 0 Å². The summed E-state index contributed by atoms with van der Waals surface area (Å²) in [6.07, 6.45) is 5.78. The summed E-state index contributed by atoms with van der Waals surface area (Å²) in [5, 5.41) is 21.7. The maximum absolute atomic E-state index is 13.0. The molecular formula is C21H17FN6O3. The molecular weight excluding hydrogens is 403 g/mol.